The second-order valence-electron chi connectivity index (χ2n) is 11.8. The molecule has 0 spiro atoms. The molecule has 3 unspecified atom stereocenters. The lowest BCUT2D eigenvalue weighted by molar-refractivity contribution is -0.288. The Balaban J connectivity index is 0.928. The fourth-order valence-corrected chi connectivity index (χ4v) is 6.20. The van der Waals surface area contributed by atoms with Gasteiger partial charge in [-0.25, -0.2) is 10.3 Å². The third kappa shape index (κ3) is 7.22. The van der Waals surface area contributed by atoms with Crippen molar-refractivity contribution in [3.05, 3.63) is 101 Å². The van der Waals surface area contributed by atoms with Crippen LogP contribution < -0.4 is 20.9 Å². The number of rotatable bonds is 11. The Morgan fingerprint density at radius 3 is 2.51 bits per heavy atom. The van der Waals surface area contributed by atoms with Gasteiger partial charge in [0.25, 0.3) is 5.91 Å². The van der Waals surface area contributed by atoms with E-state index in [1.807, 2.05) is 55.5 Å². The van der Waals surface area contributed by atoms with E-state index >= 15 is 0 Å². The maximum Gasteiger partial charge on any atom is 0.267 e. The van der Waals surface area contributed by atoms with Crippen LogP contribution in [0, 0.1) is 0 Å². The summed E-state index contributed by atoms with van der Waals surface area (Å²) >= 11 is 0. The van der Waals surface area contributed by atoms with Gasteiger partial charge in [-0.15, -0.1) is 0 Å². The number of hydrogen-bond acceptors (Lipinski definition) is 9. The van der Waals surface area contributed by atoms with E-state index in [9.17, 15) is 9.90 Å². The van der Waals surface area contributed by atoms with Gasteiger partial charge in [-0.05, 0) is 67.8 Å². The summed E-state index contributed by atoms with van der Waals surface area (Å²) in [6.07, 6.45) is -0.437. The number of anilines is 1. The molecule has 0 radical (unpaired) electrons. The topological polar surface area (TPSA) is 120 Å². The number of hydroxylamine groups is 1. The standard InChI is InChI=1S/C35H41N3O7/c1-21-27(28-6-4-5-7-29(28)37-21)18-19-36-20-24-10-8-23(9-11-24)12-17-30(39)38-45-35-31(40)33-32(22(2)42-35)43-34(44-33)25-13-15-26(41-3)16-14-25/h4-17,21-22,27,31-37,40H,18-20H2,1-3H3,(H,38,39)/b17-12+/t21?,22-,27?,31-,32+,33-,34?,35-/m0/s1. The summed E-state index contributed by atoms with van der Waals surface area (Å²) in [6.45, 7) is 5.75. The third-order valence-electron chi connectivity index (χ3n) is 8.69. The van der Waals surface area contributed by atoms with Gasteiger partial charge in [0.1, 0.15) is 24.1 Å². The molecule has 0 aliphatic carbocycles. The Kier molecular flexibility index (Phi) is 9.79. The Morgan fingerprint density at radius 2 is 1.73 bits per heavy atom. The molecule has 3 aliphatic heterocycles. The van der Waals surface area contributed by atoms with Crippen LogP contribution in [-0.2, 0) is 30.4 Å². The summed E-state index contributed by atoms with van der Waals surface area (Å²) < 4.78 is 23.1. The van der Waals surface area contributed by atoms with Crippen molar-refractivity contribution in [1.29, 1.82) is 0 Å². The zero-order chi connectivity index (χ0) is 31.3. The number of benzene rings is 3. The van der Waals surface area contributed by atoms with Gasteiger partial charge in [-0.3, -0.25) is 4.79 Å². The normalized spacial score (nSPS) is 28.8. The van der Waals surface area contributed by atoms with Crippen LogP contribution in [0.4, 0.5) is 5.69 Å². The summed E-state index contributed by atoms with van der Waals surface area (Å²) in [4.78, 5) is 17.9. The van der Waals surface area contributed by atoms with E-state index in [4.69, 9.17) is 23.8 Å². The minimum absolute atomic E-state index is 0.434. The molecule has 0 aromatic heterocycles. The fraction of sp³-hybridized carbons (Fsp3) is 0.400. The van der Waals surface area contributed by atoms with Crippen LogP contribution >= 0.6 is 0 Å². The Morgan fingerprint density at radius 1 is 0.978 bits per heavy atom. The molecule has 6 rings (SSSR count). The number of carbonyl (C=O) groups is 1. The molecule has 2 fully saturated rings. The largest absolute Gasteiger partial charge is 0.497 e. The SMILES string of the molecule is COc1ccc(C2O[C@H]3[C@H](O)[C@H](ONC(=O)/C=C/c4ccc(CNCCC5c6ccccc6NC5C)cc4)O[C@@H](C)[C@H]3O2)cc1. The van der Waals surface area contributed by atoms with Crippen molar-refractivity contribution in [2.45, 2.75) is 75.8 Å². The van der Waals surface area contributed by atoms with Crippen molar-refractivity contribution in [2.75, 3.05) is 19.0 Å². The van der Waals surface area contributed by atoms with Crippen LogP contribution in [0.1, 0.15) is 54.7 Å². The van der Waals surface area contributed by atoms with Crippen LogP contribution in [0.25, 0.3) is 6.08 Å². The highest BCUT2D eigenvalue weighted by Crippen LogP contribution is 2.40. The molecule has 3 aliphatic rings. The lowest BCUT2D eigenvalue weighted by atomic mass is 9.93. The molecule has 3 heterocycles. The molecular formula is C35H41N3O7. The van der Waals surface area contributed by atoms with Gasteiger partial charge in [0.05, 0.1) is 13.2 Å². The number of carbonyl (C=O) groups excluding carboxylic acids is 1. The lowest BCUT2D eigenvalue weighted by Gasteiger charge is -2.37. The van der Waals surface area contributed by atoms with Crippen molar-refractivity contribution in [3.8, 4) is 5.75 Å². The maximum absolute atomic E-state index is 12.5. The molecule has 0 bridgehead atoms. The quantitative estimate of drug-likeness (QED) is 0.141. The zero-order valence-corrected chi connectivity index (χ0v) is 25.7. The van der Waals surface area contributed by atoms with Crippen LogP contribution in [-0.4, -0.2) is 61.4 Å². The second-order valence-corrected chi connectivity index (χ2v) is 11.8. The zero-order valence-electron chi connectivity index (χ0n) is 25.7. The Labute approximate surface area is 263 Å². The van der Waals surface area contributed by atoms with Crippen molar-refractivity contribution < 1.29 is 33.7 Å². The van der Waals surface area contributed by atoms with E-state index in [0.717, 1.165) is 36.4 Å². The van der Waals surface area contributed by atoms with Gasteiger partial charge in [0, 0.05) is 35.8 Å². The molecule has 2 saturated heterocycles. The summed E-state index contributed by atoms with van der Waals surface area (Å²) in [5, 5.41) is 18.0. The van der Waals surface area contributed by atoms with Gasteiger partial charge in [0.15, 0.2) is 6.29 Å². The molecular weight excluding hydrogens is 574 g/mol. The molecule has 4 N–H and O–H groups in total. The molecule has 0 saturated carbocycles. The van der Waals surface area contributed by atoms with Gasteiger partial charge >= 0.3 is 0 Å². The Hall–Kier alpha value is -3.77. The predicted molar refractivity (Wildman–Crippen MR) is 169 cm³/mol. The molecule has 10 heteroatoms. The van der Waals surface area contributed by atoms with E-state index in [1.54, 1.807) is 13.2 Å². The number of hydrogen-bond donors (Lipinski definition) is 4. The van der Waals surface area contributed by atoms with Gasteiger partial charge in [0.2, 0.25) is 6.29 Å². The van der Waals surface area contributed by atoms with Crippen molar-refractivity contribution in [1.82, 2.24) is 10.8 Å². The number of fused-ring (bicyclic) bond motifs is 2. The van der Waals surface area contributed by atoms with Crippen LogP contribution in [0.5, 0.6) is 5.75 Å². The molecule has 3 aromatic carbocycles. The minimum atomic E-state index is -1.17. The molecule has 1 amide bonds. The predicted octanol–water partition coefficient (Wildman–Crippen LogP) is 4.42. The highest BCUT2D eigenvalue weighted by Gasteiger charge is 2.52. The molecule has 3 aromatic rings. The first-order valence-electron chi connectivity index (χ1n) is 15.5. The summed E-state index contributed by atoms with van der Waals surface area (Å²) in [5.41, 5.74) is 7.84. The first-order valence-corrected chi connectivity index (χ1v) is 15.5. The summed E-state index contributed by atoms with van der Waals surface area (Å²) in [5.74, 6) is 0.744. The molecule has 10 nitrogen and oxygen atoms in total. The van der Waals surface area contributed by atoms with E-state index in [0.29, 0.717) is 12.0 Å². The lowest BCUT2D eigenvalue weighted by Crippen LogP contribution is -2.57. The third-order valence-corrected chi connectivity index (χ3v) is 8.69. The fourth-order valence-electron chi connectivity index (χ4n) is 6.20. The molecule has 45 heavy (non-hydrogen) atoms. The number of nitrogens with one attached hydrogen (secondary N) is 3. The van der Waals surface area contributed by atoms with Crippen LogP contribution in [0.15, 0.2) is 78.9 Å². The molecule has 238 valence electrons. The highest BCUT2D eigenvalue weighted by atomic mass is 16.8. The number of amides is 1. The van der Waals surface area contributed by atoms with Gasteiger partial charge in [-0.2, -0.15) is 0 Å². The van der Waals surface area contributed by atoms with E-state index in [-0.39, 0.29) is 0 Å². The molecule has 8 atom stereocenters. The summed E-state index contributed by atoms with van der Waals surface area (Å²) in [6, 6.07) is 24.3. The van der Waals surface area contributed by atoms with Crippen LogP contribution in [0.3, 0.4) is 0 Å². The number of methoxy groups -OCH3 is 1. The summed E-state index contributed by atoms with van der Waals surface area (Å²) in [7, 11) is 1.60. The average molecular weight is 616 g/mol. The van der Waals surface area contributed by atoms with Gasteiger partial charge in [-0.1, -0.05) is 54.6 Å². The van der Waals surface area contributed by atoms with E-state index in [2.05, 4.69) is 47.3 Å². The average Bonchev–Trinajstić information content (AvgIpc) is 3.65. The van der Waals surface area contributed by atoms with E-state index < -0.39 is 42.9 Å². The monoisotopic (exact) mass is 615 g/mol. The van der Waals surface area contributed by atoms with Crippen molar-refractivity contribution in [2.24, 2.45) is 0 Å². The van der Waals surface area contributed by atoms with Gasteiger partial charge < -0.3 is 34.7 Å². The minimum Gasteiger partial charge on any atom is -0.497 e. The van der Waals surface area contributed by atoms with E-state index in [1.165, 1.54) is 22.9 Å². The smallest absolute Gasteiger partial charge is 0.267 e. The number of para-hydroxylation sites is 1. The number of aliphatic hydroxyl groups is 1. The first kappa shape index (κ1) is 31.2. The maximum atomic E-state index is 12.5. The first-order chi connectivity index (χ1) is 21.9. The van der Waals surface area contributed by atoms with Crippen molar-refractivity contribution in [3.63, 3.8) is 0 Å². The van der Waals surface area contributed by atoms with Crippen LogP contribution in [0.2, 0.25) is 0 Å². The van der Waals surface area contributed by atoms with Crippen molar-refractivity contribution >= 4 is 17.7 Å². The number of aliphatic hydroxyl groups excluding tert-OH is 1. The number of ether oxygens (including phenoxy) is 4. The Bertz CT molecular complexity index is 1460. The second kappa shape index (κ2) is 14.1. The highest BCUT2D eigenvalue weighted by molar-refractivity contribution is 5.90.